The predicted molar refractivity (Wildman–Crippen MR) is 57.5 cm³/mol. The van der Waals surface area contributed by atoms with Gasteiger partial charge in [0.2, 0.25) is 0 Å². The van der Waals surface area contributed by atoms with Crippen molar-refractivity contribution in [2.24, 2.45) is 0 Å². The van der Waals surface area contributed by atoms with Gasteiger partial charge in [0.15, 0.2) is 0 Å². The smallest absolute Gasteiger partial charge is 0.123 e. The number of benzene rings is 1. The summed E-state index contributed by atoms with van der Waals surface area (Å²) in [5, 5.41) is 0.371. The molecule has 0 aliphatic heterocycles. The Morgan fingerprint density at radius 3 is 2.67 bits per heavy atom. The Labute approximate surface area is 81.4 Å². The van der Waals surface area contributed by atoms with Crippen molar-refractivity contribution in [2.75, 3.05) is 7.11 Å². The first-order valence-electron chi connectivity index (χ1n) is 3.75. The highest BCUT2D eigenvalue weighted by atomic mass is 32.8. The van der Waals surface area contributed by atoms with E-state index in [2.05, 4.69) is 13.0 Å². The summed E-state index contributed by atoms with van der Waals surface area (Å²) in [4.78, 5) is 0. The van der Waals surface area contributed by atoms with Gasteiger partial charge in [0.1, 0.15) is 5.75 Å². The molecule has 0 amide bonds. The third kappa shape index (κ3) is 2.05. The summed E-state index contributed by atoms with van der Waals surface area (Å²) >= 11 is 4.98. The zero-order chi connectivity index (χ0) is 8.97. The van der Waals surface area contributed by atoms with Gasteiger partial charge in [-0.3, -0.25) is 0 Å². The number of ether oxygens (including phenoxy) is 1. The fraction of sp³-hybridized carbons (Fsp3) is 0.333. The molecule has 0 bridgehead atoms. The first kappa shape index (κ1) is 9.68. The minimum absolute atomic E-state index is 0.371. The first-order chi connectivity index (χ1) is 5.79. The molecule has 12 heavy (non-hydrogen) atoms. The van der Waals surface area contributed by atoms with Crippen LogP contribution in [0.5, 0.6) is 5.75 Å². The summed E-state index contributed by atoms with van der Waals surface area (Å²) < 4.78 is 5.22. The van der Waals surface area contributed by atoms with Crippen LogP contribution < -0.4 is 4.74 Å². The molecule has 0 fully saturated rings. The van der Waals surface area contributed by atoms with Crippen LogP contribution in [0.25, 0.3) is 0 Å². The van der Waals surface area contributed by atoms with E-state index in [-0.39, 0.29) is 0 Å². The molecule has 1 aromatic carbocycles. The Kier molecular flexibility index (Phi) is 3.69. The quantitative estimate of drug-likeness (QED) is 0.748. The lowest BCUT2D eigenvalue weighted by molar-refractivity contribution is 0.410. The van der Waals surface area contributed by atoms with Gasteiger partial charge in [-0.25, -0.2) is 0 Å². The minimum Gasteiger partial charge on any atom is -0.496 e. The molecule has 0 aliphatic rings. The Hall–Kier alpha value is -0.410. The van der Waals surface area contributed by atoms with E-state index in [0.717, 1.165) is 16.1 Å². The van der Waals surface area contributed by atoms with Crippen molar-refractivity contribution >= 4 is 21.5 Å². The number of hydrogen-bond donors (Lipinski definition) is 1. The molecular formula is C9H12OS2. The first-order valence-corrected chi connectivity index (χ1v) is 5.72. The second-order valence-corrected chi connectivity index (χ2v) is 4.14. The molecular weight excluding hydrogens is 188 g/mol. The lowest BCUT2D eigenvalue weighted by Gasteiger charge is -2.10. The van der Waals surface area contributed by atoms with Gasteiger partial charge >= 0.3 is 0 Å². The van der Waals surface area contributed by atoms with Crippen molar-refractivity contribution in [1.82, 2.24) is 0 Å². The van der Waals surface area contributed by atoms with Crippen molar-refractivity contribution in [3.05, 3.63) is 29.8 Å². The Bertz CT molecular complexity index is 273. The van der Waals surface area contributed by atoms with Gasteiger partial charge in [-0.1, -0.05) is 29.4 Å². The summed E-state index contributed by atoms with van der Waals surface area (Å²) in [5.41, 5.74) is 1.19. The topological polar surface area (TPSA) is 9.23 Å². The van der Waals surface area contributed by atoms with Crippen molar-refractivity contribution in [3.8, 4) is 5.75 Å². The SMILES string of the molecule is COc1ccccc1C(C)[SH]=S. The Balaban J connectivity index is 3.04. The number of methoxy groups -OCH3 is 1. The van der Waals surface area contributed by atoms with Crippen LogP contribution in [0.15, 0.2) is 24.3 Å². The second kappa shape index (κ2) is 4.58. The summed E-state index contributed by atoms with van der Waals surface area (Å²) in [6, 6.07) is 8.00. The maximum atomic E-state index is 5.22. The molecule has 0 saturated carbocycles. The molecule has 66 valence electrons. The van der Waals surface area contributed by atoms with Crippen LogP contribution >= 0.6 is 0 Å². The van der Waals surface area contributed by atoms with E-state index in [1.807, 2.05) is 18.2 Å². The van der Waals surface area contributed by atoms with Gasteiger partial charge in [0.05, 0.1) is 7.11 Å². The summed E-state index contributed by atoms with van der Waals surface area (Å²) in [6.45, 7) is 2.10. The molecule has 0 heterocycles. The molecule has 0 N–H and O–H groups in total. The molecule has 0 saturated heterocycles. The summed E-state index contributed by atoms with van der Waals surface area (Å²) in [5.74, 6) is 0.933. The number of rotatable bonds is 3. The monoisotopic (exact) mass is 200 g/mol. The van der Waals surface area contributed by atoms with Crippen LogP contribution in [-0.4, -0.2) is 7.11 Å². The fourth-order valence-corrected chi connectivity index (χ4v) is 1.74. The number of thiol groups is 1. The number of hydrogen-bond acceptors (Lipinski definition) is 2. The highest BCUT2D eigenvalue weighted by molar-refractivity contribution is 8.18. The van der Waals surface area contributed by atoms with Gasteiger partial charge in [0, 0.05) is 10.8 Å². The standard InChI is InChI=1S/C9H12OS2/c1-7(12-11)8-5-3-4-6-9(8)10-2/h3-7,12H,1-2H3. The van der Waals surface area contributed by atoms with Gasteiger partial charge < -0.3 is 4.74 Å². The third-order valence-electron chi connectivity index (χ3n) is 1.75. The van der Waals surface area contributed by atoms with Crippen LogP contribution in [0.1, 0.15) is 17.7 Å². The third-order valence-corrected chi connectivity index (χ3v) is 3.29. The molecule has 0 aliphatic carbocycles. The Morgan fingerprint density at radius 2 is 2.08 bits per heavy atom. The maximum Gasteiger partial charge on any atom is 0.123 e. The van der Waals surface area contributed by atoms with E-state index < -0.39 is 0 Å². The molecule has 1 aromatic rings. The van der Waals surface area contributed by atoms with Gasteiger partial charge in [-0.15, -0.1) is 10.3 Å². The van der Waals surface area contributed by atoms with Crippen molar-refractivity contribution in [1.29, 1.82) is 0 Å². The molecule has 1 rings (SSSR count). The molecule has 0 radical (unpaired) electrons. The molecule has 1 nitrogen and oxygen atoms in total. The highest BCUT2D eigenvalue weighted by Gasteiger charge is 2.06. The predicted octanol–water partition coefficient (Wildman–Crippen LogP) is 2.03. The summed E-state index contributed by atoms with van der Waals surface area (Å²) in [7, 11) is 2.65. The van der Waals surface area contributed by atoms with Crippen LogP contribution in [0.3, 0.4) is 0 Å². The molecule has 1 atom stereocenters. The summed E-state index contributed by atoms with van der Waals surface area (Å²) in [6.07, 6.45) is 0. The van der Waals surface area contributed by atoms with Crippen molar-refractivity contribution < 1.29 is 4.74 Å². The molecule has 1 unspecified atom stereocenters. The average Bonchev–Trinajstić information content (AvgIpc) is 2.16. The second-order valence-electron chi connectivity index (χ2n) is 2.52. The molecule has 3 heteroatoms. The molecule has 0 aromatic heterocycles. The van der Waals surface area contributed by atoms with E-state index in [1.165, 1.54) is 5.56 Å². The average molecular weight is 200 g/mol. The van der Waals surface area contributed by atoms with Crippen molar-refractivity contribution in [2.45, 2.75) is 12.2 Å². The van der Waals surface area contributed by atoms with Crippen LogP contribution in [-0.2, 0) is 21.5 Å². The largest absolute Gasteiger partial charge is 0.496 e. The molecule has 0 spiro atoms. The van der Waals surface area contributed by atoms with E-state index >= 15 is 0 Å². The zero-order valence-electron chi connectivity index (χ0n) is 7.15. The van der Waals surface area contributed by atoms with Crippen LogP contribution in [0, 0.1) is 0 Å². The van der Waals surface area contributed by atoms with Crippen molar-refractivity contribution in [3.63, 3.8) is 0 Å². The van der Waals surface area contributed by atoms with E-state index in [9.17, 15) is 0 Å². The van der Waals surface area contributed by atoms with E-state index in [0.29, 0.717) is 5.25 Å². The lowest BCUT2D eigenvalue weighted by Crippen LogP contribution is -1.94. The normalized spacial score (nSPS) is 12.5. The van der Waals surface area contributed by atoms with Crippen LogP contribution in [0.2, 0.25) is 0 Å². The zero-order valence-corrected chi connectivity index (χ0v) is 8.86. The van der Waals surface area contributed by atoms with Crippen LogP contribution in [0.4, 0.5) is 0 Å². The minimum atomic E-state index is 0.371. The van der Waals surface area contributed by atoms with Gasteiger partial charge in [-0.05, 0) is 13.0 Å². The Morgan fingerprint density at radius 1 is 1.42 bits per heavy atom. The maximum absolute atomic E-state index is 5.22. The van der Waals surface area contributed by atoms with Gasteiger partial charge in [0.25, 0.3) is 0 Å². The lowest BCUT2D eigenvalue weighted by atomic mass is 10.1. The number of para-hydroxylation sites is 1. The highest BCUT2D eigenvalue weighted by Crippen LogP contribution is 2.25. The van der Waals surface area contributed by atoms with E-state index in [1.54, 1.807) is 7.11 Å². The van der Waals surface area contributed by atoms with E-state index in [4.69, 9.17) is 15.9 Å². The fourth-order valence-electron chi connectivity index (χ4n) is 1.07. The van der Waals surface area contributed by atoms with Gasteiger partial charge in [-0.2, -0.15) is 0 Å².